The highest BCUT2D eigenvalue weighted by Crippen LogP contribution is 2.33. The summed E-state index contributed by atoms with van der Waals surface area (Å²) in [7, 11) is 0. The van der Waals surface area contributed by atoms with E-state index >= 15 is 0 Å². The molecule has 0 unspecified atom stereocenters. The smallest absolute Gasteiger partial charge is 0.134 e. The van der Waals surface area contributed by atoms with Crippen molar-refractivity contribution in [2.45, 2.75) is 6.61 Å². The lowest BCUT2D eigenvalue weighted by molar-refractivity contribution is 0.177. The van der Waals surface area contributed by atoms with Crippen molar-refractivity contribution in [1.29, 1.82) is 0 Å². The summed E-state index contributed by atoms with van der Waals surface area (Å²) in [6.07, 6.45) is 4.83. The van der Waals surface area contributed by atoms with Crippen LogP contribution >= 0.6 is 11.6 Å². The number of rotatable bonds is 4. The summed E-state index contributed by atoms with van der Waals surface area (Å²) in [5, 5.41) is 20.7. The quantitative estimate of drug-likeness (QED) is 0.535. The SMILES string of the molecule is [O]Cc1ccc(F)c(-c2ccnn2-c2cccc(Cl)c2)c1-n1cccn1. The van der Waals surface area contributed by atoms with E-state index in [2.05, 4.69) is 10.2 Å². The van der Waals surface area contributed by atoms with Gasteiger partial charge in [0.2, 0.25) is 0 Å². The van der Waals surface area contributed by atoms with Gasteiger partial charge in [0.05, 0.1) is 28.8 Å². The Morgan fingerprint density at radius 2 is 1.92 bits per heavy atom. The third kappa shape index (κ3) is 2.79. The number of nitrogens with zero attached hydrogens (tertiary/aromatic N) is 4. The van der Waals surface area contributed by atoms with Crippen LogP contribution in [0.2, 0.25) is 5.02 Å². The number of hydrogen-bond donors (Lipinski definition) is 0. The first-order valence-electron chi connectivity index (χ1n) is 7.89. The maximum Gasteiger partial charge on any atom is 0.134 e. The molecule has 26 heavy (non-hydrogen) atoms. The Morgan fingerprint density at radius 1 is 1.04 bits per heavy atom. The molecule has 0 saturated carbocycles. The zero-order chi connectivity index (χ0) is 18.1. The van der Waals surface area contributed by atoms with Crippen LogP contribution in [-0.4, -0.2) is 19.6 Å². The predicted molar refractivity (Wildman–Crippen MR) is 95.5 cm³/mol. The lowest BCUT2D eigenvalue weighted by atomic mass is 10.0. The zero-order valence-corrected chi connectivity index (χ0v) is 14.3. The van der Waals surface area contributed by atoms with Crippen LogP contribution in [0.4, 0.5) is 4.39 Å². The highest BCUT2D eigenvalue weighted by molar-refractivity contribution is 6.30. The van der Waals surface area contributed by atoms with E-state index in [1.165, 1.54) is 16.8 Å². The van der Waals surface area contributed by atoms with Crippen molar-refractivity contribution >= 4 is 11.6 Å². The summed E-state index contributed by atoms with van der Waals surface area (Å²) < 4.78 is 18.0. The molecule has 7 heteroatoms. The molecule has 0 amide bonds. The van der Waals surface area contributed by atoms with Crippen LogP contribution in [-0.2, 0) is 11.7 Å². The van der Waals surface area contributed by atoms with Crippen LogP contribution in [0.25, 0.3) is 22.6 Å². The Hall–Kier alpha value is -2.96. The van der Waals surface area contributed by atoms with Crippen LogP contribution in [0, 0.1) is 5.82 Å². The van der Waals surface area contributed by atoms with Gasteiger partial charge in [-0.3, -0.25) is 0 Å². The van der Waals surface area contributed by atoms with Crippen molar-refractivity contribution < 1.29 is 9.50 Å². The molecule has 129 valence electrons. The van der Waals surface area contributed by atoms with Gasteiger partial charge in [-0.1, -0.05) is 23.7 Å². The molecule has 4 rings (SSSR count). The van der Waals surface area contributed by atoms with Crippen LogP contribution in [0.5, 0.6) is 0 Å². The molecule has 0 aliphatic rings. The molecule has 2 heterocycles. The molecule has 0 bridgehead atoms. The van der Waals surface area contributed by atoms with Crippen molar-refractivity contribution in [3.05, 3.63) is 83.5 Å². The molecule has 0 aliphatic carbocycles. The van der Waals surface area contributed by atoms with Crippen molar-refractivity contribution in [2.24, 2.45) is 0 Å². The fourth-order valence-corrected chi connectivity index (χ4v) is 3.12. The molecular weight excluding hydrogens is 355 g/mol. The van der Waals surface area contributed by atoms with Gasteiger partial charge in [0.15, 0.2) is 0 Å². The molecule has 1 radical (unpaired) electrons. The predicted octanol–water partition coefficient (Wildman–Crippen LogP) is 4.45. The van der Waals surface area contributed by atoms with Crippen molar-refractivity contribution in [1.82, 2.24) is 19.6 Å². The Balaban J connectivity index is 2.00. The van der Waals surface area contributed by atoms with Gasteiger partial charge in [0, 0.05) is 23.0 Å². The first kappa shape index (κ1) is 16.5. The van der Waals surface area contributed by atoms with Gasteiger partial charge >= 0.3 is 0 Å². The van der Waals surface area contributed by atoms with Gasteiger partial charge < -0.3 is 0 Å². The molecule has 0 N–H and O–H groups in total. The highest BCUT2D eigenvalue weighted by atomic mass is 35.5. The zero-order valence-electron chi connectivity index (χ0n) is 13.5. The summed E-state index contributed by atoms with van der Waals surface area (Å²) in [6.45, 7) is -0.492. The molecule has 0 aliphatic heterocycles. The summed E-state index contributed by atoms with van der Waals surface area (Å²) in [6, 6.07) is 13.3. The molecular formula is C19H13ClFN4O. The Labute approximate surface area is 153 Å². The summed E-state index contributed by atoms with van der Waals surface area (Å²) in [5.41, 5.74) is 2.32. The highest BCUT2D eigenvalue weighted by Gasteiger charge is 2.21. The second-order valence-electron chi connectivity index (χ2n) is 5.63. The monoisotopic (exact) mass is 367 g/mol. The average molecular weight is 368 g/mol. The first-order chi connectivity index (χ1) is 12.7. The van der Waals surface area contributed by atoms with Crippen molar-refractivity contribution in [3.8, 4) is 22.6 Å². The third-order valence-electron chi connectivity index (χ3n) is 4.05. The number of hydrogen-bond acceptors (Lipinski definition) is 2. The molecule has 2 aromatic heterocycles. The number of benzene rings is 2. The topological polar surface area (TPSA) is 55.5 Å². The maximum absolute atomic E-state index is 14.9. The van der Waals surface area contributed by atoms with E-state index in [0.29, 0.717) is 27.7 Å². The van der Waals surface area contributed by atoms with E-state index in [1.807, 2.05) is 6.07 Å². The average Bonchev–Trinajstić information content (AvgIpc) is 3.33. The minimum absolute atomic E-state index is 0.263. The van der Waals surface area contributed by atoms with E-state index in [9.17, 15) is 9.50 Å². The fourth-order valence-electron chi connectivity index (χ4n) is 2.94. The van der Waals surface area contributed by atoms with Crippen LogP contribution in [0.3, 0.4) is 0 Å². The Kier molecular flexibility index (Phi) is 4.28. The van der Waals surface area contributed by atoms with Crippen molar-refractivity contribution in [3.63, 3.8) is 0 Å². The third-order valence-corrected chi connectivity index (χ3v) is 4.29. The number of halogens is 2. The van der Waals surface area contributed by atoms with Gasteiger partial charge in [-0.2, -0.15) is 10.2 Å². The van der Waals surface area contributed by atoms with E-state index in [-0.39, 0.29) is 5.56 Å². The largest absolute Gasteiger partial charge is 0.240 e. The lowest BCUT2D eigenvalue weighted by Crippen LogP contribution is -2.08. The van der Waals surface area contributed by atoms with Crippen molar-refractivity contribution in [2.75, 3.05) is 0 Å². The second-order valence-corrected chi connectivity index (χ2v) is 6.07. The van der Waals surface area contributed by atoms with E-state index in [4.69, 9.17) is 11.6 Å². The lowest BCUT2D eigenvalue weighted by Gasteiger charge is -2.16. The maximum atomic E-state index is 14.9. The molecule has 4 aromatic rings. The Morgan fingerprint density at radius 3 is 2.65 bits per heavy atom. The van der Waals surface area contributed by atoms with E-state index in [0.717, 1.165) is 0 Å². The van der Waals surface area contributed by atoms with Crippen LogP contribution in [0.15, 0.2) is 67.1 Å². The normalized spacial score (nSPS) is 11.0. The molecule has 0 fully saturated rings. The summed E-state index contributed by atoms with van der Waals surface area (Å²) in [4.78, 5) is 0. The van der Waals surface area contributed by atoms with Crippen LogP contribution < -0.4 is 0 Å². The fraction of sp³-hybridized carbons (Fsp3) is 0.0526. The van der Waals surface area contributed by atoms with Gasteiger partial charge in [-0.25, -0.2) is 18.9 Å². The standard InChI is InChI=1S/C19H13ClFN4O/c20-14-3-1-4-15(11-14)25-17(7-9-23-25)18-16(21)6-5-13(12-26)19(18)24-10-2-8-22-24/h1-11H,12H2. The minimum Gasteiger partial charge on any atom is -0.240 e. The molecule has 0 atom stereocenters. The molecule has 5 nitrogen and oxygen atoms in total. The van der Waals surface area contributed by atoms with E-state index in [1.54, 1.807) is 53.6 Å². The molecule has 0 saturated heterocycles. The summed E-state index contributed by atoms with van der Waals surface area (Å²) >= 11 is 6.08. The second kappa shape index (κ2) is 6.74. The first-order valence-corrected chi connectivity index (χ1v) is 8.26. The Bertz CT molecular complexity index is 1060. The molecule has 2 aromatic carbocycles. The van der Waals surface area contributed by atoms with Gasteiger partial charge in [-0.15, -0.1) is 0 Å². The van der Waals surface area contributed by atoms with Gasteiger partial charge in [-0.05, 0) is 36.4 Å². The van der Waals surface area contributed by atoms with E-state index < -0.39 is 12.4 Å². The molecule has 0 spiro atoms. The number of aromatic nitrogens is 4. The van der Waals surface area contributed by atoms with Crippen LogP contribution in [0.1, 0.15) is 5.56 Å². The van der Waals surface area contributed by atoms with Gasteiger partial charge in [0.1, 0.15) is 12.4 Å². The summed E-state index contributed by atoms with van der Waals surface area (Å²) in [5.74, 6) is -0.462. The van der Waals surface area contributed by atoms with Gasteiger partial charge in [0.25, 0.3) is 0 Å². The minimum atomic E-state index is -0.492.